The van der Waals surface area contributed by atoms with Gasteiger partial charge in [0, 0.05) is 19.2 Å². The van der Waals surface area contributed by atoms with Gasteiger partial charge in [-0.2, -0.15) is 0 Å². The molecule has 1 amide bonds. The molecule has 1 atom stereocenters. The van der Waals surface area contributed by atoms with Crippen molar-refractivity contribution in [1.29, 1.82) is 0 Å². The fourth-order valence-corrected chi connectivity index (χ4v) is 2.10. The van der Waals surface area contributed by atoms with E-state index in [1.54, 1.807) is 19.2 Å². The minimum absolute atomic E-state index is 0.0456. The first-order valence-electron chi connectivity index (χ1n) is 5.89. The molecule has 0 radical (unpaired) electrons. The van der Waals surface area contributed by atoms with Crippen molar-refractivity contribution in [2.24, 2.45) is 5.92 Å². The van der Waals surface area contributed by atoms with Crippen molar-refractivity contribution in [2.45, 2.75) is 12.8 Å². The fraction of sp³-hybridized carbons (Fsp3) is 0.462. The normalized spacial score (nSPS) is 19.3. The van der Waals surface area contributed by atoms with Crippen molar-refractivity contribution in [3.05, 3.63) is 30.1 Å². The highest BCUT2D eigenvalue weighted by Crippen LogP contribution is 2.18. The summed E-state index contributed by atoms with van der Waals surface area (Å²) in [6, 6.07) is 6.12. The van der Waals surface area contributed by atoms with Gasteiger partial charge in [0.2, 0.25) is 5.91 Å². The topological polar surface area (TPSA) is 32.3 Å². The summed E-state index contributed by atoms with van der Waals surface area (Å²) in [7, 11) is 1.69. The Hall–Kier alpha value is -1.42. The number of nitrogens with zero attached hydrogens (tertiary/aromatic N) is 1. The van der Waals surface area contributed by atoms with Gasteiger partial charge in [0.15, 0.2) is 0 Å². The number of benzene rings is 1. The van der Waals surface area contributed by atoms with Gasteiger partial charge in [-0.15, -0.1) is 0 Å². The van der Waals surface area contributed by atoms with Gasteiger partial charge in [-0.1, -0.05) is 6.07 Å². The van der Waals surface area contributed by atoms with Crippen LogP contribution < -0.4 is 10.2 Å². The highest BCUT2D eigenvalue weighted by atomic mass is 19.1. The smallest absolute Gasteiger partial charge is 0.227 e. The van der Waals surface area contributed by atoms with Crippen molar-refractivity contribution < 1.29 is 9.18 Å². The minimum atomic E-state index is -0.315. The zero-order valence-electron chi connectivity index (χ0n) is 9.95. The second-order valence-electron chi connectivity index (χ2n) is 4.50. The van der Waals surface area contributed by atoms with Crippen molar-refractivity contribution >= 4 is 11.6 Å². The van der Waals surface area contributed by atoms with Crippen LogP contribution in [-0.4, -0.2) is 26.0 Å². The van der Waals surface area contributed by atoms with E-state index in [0.717, 1.165) is 19.5 Å². The van der Waals surface area contributed by atoms with Crippen molar-refractivity contribution in [2.75, 3.05) is 25.0 Å². The van der Waals surface area contributed by atoms with E-state index in [2.05, 4.69) is 5.32 Å². The number of anilines is 1. The average molecular weight is 236 g/mol. The molecule has 4 heteroatoms. The number of carbonyl (C=O) groups excluding carboxylic acids is 1. The van der Waals surface area contributed by atoms with Crippen LogP contribution in [0.25, 0.3) is 0 Å². The number of rotatable bonds is 3. The Bertz CT molecular complexity index is 402. The van der Waals surface area contributed by atoms with Gasteiger partial charge >= 0.3 is 0 Å². The molecule has 0 aromatic heterocycles. The minimum Gasteiger partial charge on any atom is -0.316 e. The largest absolute Gasteiger partial charge is 0.316 e. The van der Waals surface area contributed by atoms with E-state index >= 15 is 0 Å². The van der Waals surface area contributed by atoms with Crippen LogP contribution in [0, 0.1) is 11.7 Å². The summed E-state index contributed by atoms with van der Waals surface area (Å²) in [6.07, 6.45) is 1.57. The van der Waals surface area contributed by atoms with Gasteiger partial charge in [-0.3, -0.25) is 4.79 Å². The number of hydrogen-bond acceptors (Lipinski definition) is 2. The van der Waals surface area contributed by atoms with E-state index in [-0.39, 0.29) is 11.7 Å². The maximum atomic E-state index is 13.0. The second-order valence-corrected chi connectivity index (χ2v) is 4.50. The molecule has 92 valence electrons. The molecule has 0 spiro atoms. The zero-order chi connectivity index (χ0) is 12.3. The molecule has 1 fully saturated rings. The van der Waals surface area contributed by atoms with E-state index in [1.807, 2.05) is 0 Å². The van der Waals surface area contributed by atoms with E-state index in [1.165, 1.54) is 17.0 Å². The first-order chi connectivity index (χ1) is 8.16. The van der Waals surface area contributed by atoms with Crippen LogP contribution in [0.1, 0.15) is 12.8 Å². The molecule has 1 unspecified atom stereocenters. The molecule has 2 rings (SSSR count). The molecule has 0 bridgehead atoms. The molecule has 1 aliphatic rings. The lowest BCUT2D eigenvalue weighted by Crippen LogP contribution is -2.28. The molecular formula is C13H17FN2O. The quantitative estimate of drug-likeness (QED) is 0.867. The summed E-state index contributed by atoms with van der Waals surface area (Å²) in [5.74, 6) is 0.146. The van der Waals surface area contributed by atoms with Crippen LogP contribution in [0.15, 0.2) is 24.3 Å². The van der Waals surface area contributed by atoms with Gasteiger partial charge in [0.1, 0.15) is 5.82 Å². The third kappa shape index (κ3) is 3.03. The molecule has 0 aliphatic carbocycles. The number of halogens is 1. The highest BCUT2D eigenvalue weighted by molar-refractivity contribution is 5.92. The Morgan fingerprint density at radius 2 is 2.41 bits per heavy atom. The lowest BCUT2D eigenvalue weighted by Gasteiger charge is -2.19. The molecule has 1 aromatic carbocycles. The Labute approximate surface area is 101 Å². The zero-order valence-corrected chi connectivity index (χ0v) is 9.95. The van der Waals surface area contributed by atoms with Crippen LogP contribution in [0.4, 0.5) is 10.1 Å². The van der Waals surface area contributed by atoms with Crippen LogP contribution in [0.5, 0.6) is 0 Å². The molecule has 3 nitrogen and oxygen atoms in total. The van der Waals surface area contributed by atoms with E-state index in [0.29, 0.717) is 18.0 Å². The lowest BCUT2D eigenvalue weighted by molar-refractivity contribution is -0.119. The van der Waals surface area contributed by atoms with Crippen LogP contribution in [0.3, 0.4) is 0 Å². The summed E-state index contributed by atoms with van der Waals surface area (Å²) >= 11 is 0. The van der Waals surface area contributed by atoms with Gasteiger partial charge in [0.05, 0.1) is 0 Å². The second kappa shape index (κ2) is 5.27. The first-order valence-corrected chi connectivity index (χ1v) is 5.89. The lowest BCUT2D eigenvalue weighted by atomic mass is 10.0. The third-order valence-corrected chi connectivity index (χ3v) is 3.20. The monoisotopic (exact) mass is 236 g/mol. The predicted octanol–water partition coefficient (Wildman–Crippen LogP) is 1.79. The molecule has 1 N–H and O–H groups in total. The number of hydrogen-bond donors (Lipinski definition) is 1. The summed E-state index contributed by atoms with van der Waals surface area (Å²) in [6.45, 7) is 1.89. The Balaban J connectivity index is 1.98. The standard InChI is InChI=1S/C13H17FN2O/c1-16(12-4-2-3-11(14)8-12)13(17)7-10-5-6-15-9-10/h2-4,8,10,15H,5-7,9H2,1H3. The van der Waals surface area contributed by atoms with Gasteiger partial charge in [-0.05, 0) is 43.6 Å². The maximum Gasteiger partial charge on any atom is 0.227 e. The highest BCUT2D eigenvalue weighted by Gasteiger charge is 2.20. The van der Waals surface area contributed by atoms with Crippen LogP contribution >= 0.6 is 0 Å². The Kier molecular flexibility index (Phi) is 3.74. The SMILES string of the molecule is CN(C(=O)CC1CCNC1)c1cccc(F)c1. The summed E-state index contributed by atoms with van der Waals surface area (Å²) in [5, 5.41) is 3.23. The van der Waals surface area contributed by atoms with E-state index in [9.17, 15) is 9.18 Å². The summed E-state index contributed by atoms with van der Waals surface area (Å²) < 4.78 is 13.0. The molecule has 17 heavy (non-hydrogen) atoms. The fourth-order valence-electron chi connectivity index (χ4n) is 2.10. The van der Waals surface area contributed by atoms with Crippen molar-refractivity contribution in [3.63, 3.8) is 0 Å². The van der Waals surface area contributed by atoms with Crippen molar-refractivity contribution in [1.82, 2.24) is 5.32 Å². The van der Waals surface area contributed by atoms with Crippen molar-refractivity contribution in [3.8, 4) is 0 Å². The van der Waals surface area contributed by atoms with Gasteiger partial charge in [-0.25, -0.2) is 4.39 Å². The summed E-state index contributed by atoms with van der Waals surface area (Å²) in [4.78, 5) is 13.5. The van der Waals surface area contributed by atoms with E-state index in [4.69, 9.17) is 0 Å². The molecule has 1 aliphatic heterocycles. The molecule has 0 saturated carbocycles. The first kappa shape index (κ1) is 12.0. The maximum absolute atomic E-state index is 13.0. The molecule has 1 saturated heterocycles. The molecule has 1 heterocycles. The molecule has 1 aromatic rings. The molecular weight excluding hydrogens is 219 g/mol. The average Bonchev–Trinajstić information content (AvgIpc) is 2.80. The van der Waals surface area contributed by atoms with Crippen LogP contribution in [0.2, 0.25) is 0 Å². The number of amides is 1. The predicted molar refractivity (Wildman–Crippen MR) is 65.4 cm³/mol. The Morgan fingerprint density at radius 3 is 3.06 bits per heavy atom. The Morgan fingerprint density at radius 1 is 1.59 bits per heavy atom. The number of nitrogens with one attached hydrogen (secondary N) is 1. The van der Waals surface area contributed by atoms with Crippen LogP contribution in [-0.2, 0) is 4.79 Å². The van der Waals surface area contributed by atoms with Gasteiger partial charge < -0.3 is 10.2 Å². The van der Waals surface area contributed by atoms with E-state index < -0.39 is 0 Å². The van der Waals surface area contributed by atoms with Gasteiger partial charge in [0.25, 0.3) is 0 Å². The summed E-state index contributed by atoms with van der Waals surface area (Å²) in [5.41, 5.74) is 0.612. The number of carbonyl (C=O) groups is 1. The third-order valence-electron chi connectivity index (χ3n) is 3.20.